The van der Waals surface area contributed by atoms with Gasteiger partial charge in [-0.15, -0.1) is 0 Å². The van der Waals surface area contributed by atoms with E-state index >= 15 is 0 Å². The fourth-order valence-corrected chi connectivity index (χ4v) is 3.56. The highest BCUT2D eigenvalue weighted by Crippen LogP contribution is 2.60. The summed E-state index contributed by atoms with van der Waals surface area (Å²) in [6.45, 7) is 3.21. The summed E-state index contributed by atoms with van der Waals surface area (Å²) in [6, 6.07) is 13.8. The van der Waals surface area contributed by atoms with Crippen molar-refractivity contribution in [3.8, 4) is 17.6 Å². The van der Waals surface area contributed by atoms with Crippen LogP contribution in [0, 0.1) is 34.4 Å². The van der Waals surface area contributed by atoms with E-state index in [1.165, 1.54) is 12.1 Å². The van der Waals surface area contributed by atoms with Gasteiger partial charge in [0, 0.05) is 5.56 Å². The number of nitrogens with zero attached hydrogens (tertiary/aromatic N) is 1. The van der Waals surface area contributed by atoms with Crippen LogP contribution in [0.3, 0.4) is 0 Å². The summed E-state index contributed by atoms with van der Waals surface area (Å²) in [7, 11) is 0. The van der Waals surface area contributed by atoms with Crippen molar-refractivity contribution in [2.75, 3.05) is 0 Å². The average molecular weight is 468 g/mol. The van der Waals surface area contributed by atoms with Crippen molar-refractivity contribution in [1.82, 2.24) is 0 Å². The number of carbonyl (C=O) groups is 1. The molecule has 0 saturated heterocycles. The molecule has 0 N–H and O–H groups in total. The Labute approximate surface area is 187 Å². The number of nitriles is 1. The predicted octanol–water partition coefficient (Wildman–Crippen LogP) is 6.68. The number of alkyl halides is 3. The zero-order valence-corrected chi connectivity index (χ0v) is 17.7. The number of carbonyl (C=O) groups excluding carboxylic acids is 1. The lowest BCUT2D eigenvalue weighted by Crippen LogP contribution is -2.15. The molecule has 0 amide bonds. The second kappa shape index (κ2) is 8.83. The highest BCUT2D eigenvalue weighted by atomic mass is 35.5. The number of hydrogen-bond donors (Lipinski definition) is 0. The van der Waals surface area contributed by atoms with Gasteiger partial charge in [0.05, 0.1) is 5.92 Å². The van der Waals surface area contributed by atoms with E-state index in [9.17, 15) is 27.6 Å². The van der Waals surface area contributed by atoms with Gasteiger partial charge in [0.25, 0.3) is 0 Å². The van der Waals surface area contributed by atoms with Gasteiger partial charge in [-0.05, 0) is 35.6 Å². The fraction of sp³-hybridized carbons (Fsp3) is 0.304. The molecular formula is C23H18ClF4NO3. The van der Waals surface area contributed by atoms with Gasteiger partial charge in [0.2, 0.25) is 6.10 Å². The van der Waals surface area contributed by atoms with E-state index in [2.05, 4.69) is 0 Å². The molecule has 0 aromatic heterocycles. The summed E-state index contributed by atoms with van der Waals surface area (Å²) in [5.74, 6) is -3.04. The lowest BCUT2D eigenvalue weighted by atomic mass is 10.1. The summed E-state index contributed by atoms with van der Waals surface area (Å²) in [6.07, 6.45) is -5.33. The molecule has 1 aliphatic carbocycles. The molecule has 2 aromatic rings. The van der Waals surface area contributed by atoms with Crippen molar-refractivity contribution in [2.45, 2.75) is 26.1 Å². The monoisotopic (exact) mass is 467 g/mol. The molecule has 0 spiro atoms. The quantitative estimate of drug-likeness (QED) is 0.351. The van der Waals surface area contributed by atoms with Gasteiger partial charge < -0.3 is 9.47 Å². The number of halogens is 5. The number of rotatable bonds is 6. The topological polar surface area (TPSA) is 59.3 Å². The maximum absolute atomic E-state index is 14.2. The zero-order chi connectivity index (χ0) is 23.7. The number of ether oxygens (including phenoxy) is 2. The second-order valence-electron chi connectivity index (χ2n) is 7.89. The molecule has 3 atom stereocenters. The molecule has 0 aliphatic heterocycles. The first-order valence-electron chi connectivity index (χ1n) is 9.52. The molecule has 1 aliphatic rings. The molecule has 0 radical (unpaired) electrons. The first-order valence-corrected chi connectivity index (χ1v) is 9.90. The van der Waals surface area contributed by atoms with Crippen LogP contribution in [0.25, 0.3) is 0 Å². The van der Waals surface area contributed by atoms with Gasteiger partial charge in [0.1, 0.15) is 16.9 Å². The Morgan fingerprint density at radius 2 is 1.88 bits per heavy atom. The molecule has 9 heteroatoms. The molecule has 168 valence electrons. The summed E-state index contributed by atoms with van der Waals surface area (Å²) >= 11 is 5.30. The Bertz CT molecular complexity index is 1080. The molecule has 1 fully saturated rings. The largest absolute Gasteiger partial charge is 0.454 e. The minimum atomic E-state index is -4.72. The van der Waals surface area contributed by atoms with E-state index in [-0.39, 0.29) is 11.3 Å². The van der Waals surface area contributed by atoms with Crippen LogP contribution in [0.15, 0.2) is 59.6 Å². The predicted molar refractivity (Wildman–Crippen MR) is 108 cm³/mol. The Morgan fingerprint density at radius 1 is 1.22 bits per heavy atom. The number of para-hydroxylation sites is 1. The summed E-state index contributed by atoms with van der Waals surface area (Å²) < 4.78 is 63.1. The van der Waals surface area contributed by atoms with Crippen molar-refractivity contribution < 1.29 is 31.8 Å². The van der Waals surface area contributed by atoms with Crippen molar-refractivity contribution in [1.29, 1.82) is 5.26 Å². The first-order chi connectivity index (χ1) is 14.9. The highest BCUT2D eigenvalue weighted by molar-refractivity contribution is 6.30. The van der Waals surface area contributed by atoms with Crippen molar-refractivity contribution in [3.05, 3.63) is 71.0 Å². The molecule has 2 aromatic carbocycles. The smallest absolute Gasteiger partial charge is 0.426 e. The molecule has 1 saturated carbocycles. The maximum atomic E-state index is 14.2. The Hall–Kier alpha value is -3.05. The van der Waals surface area contributed by atoms with Gasteiger partial charge in [-0.25, -0.2) is 4.39 Å². The van der Waals surface area contributed by atoms with Gasteiger partial charge in [-0.2, -0.15) is 18.4 Å². The van der Waals surface area contributed by atoms with Crippen LogP contribution >= 0.6 is 11.6 Å². The van der Waals surface area contributed by atoms with E-state index in [1.54, 1.807) is 44.2 Å². The van der Waals surface area contributed by atoms with Crippen molar-refractivity contribution in [2.24, 2.45) is 17.3 Å². The SMILES string of the molecule is CC1(C)[C@H](C(=O)OC(C#N)c2ccc(F)c(Oc3ccccc3)c2)[C@@H]1C=C(Cl)C(F)(F)F. The van der Waals surface area contributed by atoms with Crippen molar-refractivity contribution >= 4 is 17.6 Å². The molecule has 0 bridgehead atoms. The Balaban J connectivity index is 1.76. The third kappa shape index (κ3) is 5.05. The molecule has 0 heterocycles. The van der Waals surface area contributed by atoms with Gasteiger partial charge in [0.15, 0.2) is 11.6 Å². The third-order valence-electron chi connectivity index (χ3n) is 5.34. The van der Waals surface area contributed by atoms with Gasteiger partial charge in [-0.1, -0.05) is 55.8 Å². The highest BCUT2D eigenvalue weighted by Gasteiger charge is 2.62. The average Bonchev–Trinajstić information content (AvgIpc) is 3.27. The van der Waals surface area contributed by atoms with E-state index < -0.39 is 46.3 Å². The maximum Gasteiger partial charge on any atom is 0.426 e. The minimum Gasteiger partial charge on any atom is -0.454 e. The van der Waals surface area contributed by atoms with Crippen LogP contribution in [-0.4, -0.2) is 12.1 Å². The minimum absolute atomic E-state index is 0.159. The lowest BCUT2D eigenvalue weighted by Gasteiger charge is -2.14. The Kier molecular flexibility index (Phi) is 6.51. The zero-order valence-electron chi connectivity index (χ0n) is 17.0. The van der Waals surface area contributed by atoms with Crippen LogP contribution in [0.5, 0.6) is 11.5 Å². The van der Waals surface area contributed by atoms with E-state index in [0.29, 0.717) is 5.75 Å². The van der Waals surface area contributed by atoms with Crippen LogP contribution in [-0.2, 0) is 9.53 Å². The van der Waals surface area contributed by atoms with Gasteiger partial charge >= 0.3 is 12.1 Å². The second-order valence-corrected chi connectivity index (χ2v) is 8.30. The van der Waals surface area contributed by atoms with E-state index in [1.807, 2.05) is 6.07 Å². The number of hydrogen-bond acceptors (Lipinski definition) is 4. The number of esters is 1. The molecule has 4 nitrogen and oxygen atoms in total. The summed E-state index contributed by atoms with van der Waals surface area (Å²) in [5, 5.41) is 8.17. The number of benzene rings is 2. The van der Waals surface area contributed by atoms with Crippen LogP contribution in [0.4, 0.5) is 17.6 Å². The molecule has 3 rings (SSSR count). The lowest BCUT2D eigenvalue weighted by molar-refractivity contribution is -0.149. The third-order valence-corrected chi connectivity index (χ3v) is 5.68. The molecule has 32 heavy (non-hydrogen) atoms. The molecule has 1 unspecified atom stereocenters. The van der Waals surface area contributed by atoms with Crippen LogP contribution in [0.2, 0.25) is 0 Å². The summed E-state index contributed by atoms with van der Waals surface area (Å²) in [5.41, 5.74) is -0.667. The van der Waals surface area contributed by atoms with Crippen molar-refractivity contribution in [3.63, 3.8) is 0 Å². The number of allylic oxidation sites excluding steroid dienone is 2. The van der Waals surface area contributed by atoms with E-state index in [0.717, 1.165) is 12.1 Å². The summed E-state index contributed by atoms with van der Waals surface area (Å²) in [4.78, 5) is 12.6. The van der Waals surface area contributed by atoms with Crippen LogP contribution < -0.4 is 4.74 Å². The molecular weight excluding hydrogens is 450 g/mol. The first kappa shape index (κ1) is 23.6. The fourth-order valence-electron chi connectivity index (χ4n) is 3.43. The Morgan fingerprint density at radius 3 is 2.47 bits per heavy atom. The van der Waals surface area contributed by atoms with Crippen LogP contribution in [0.1, 0.15) is 25.5 Å². The van der Waals surface area contributed by atoms with E-state index in [4.69, 9.17) is 21.1 Å². The van der Waals surface area contributed by atoms with Gasteiger partial charge in [-0.3, -0.25) is 4.79 Å². The normalized spacial score (nSPS) is 20.8. The standard InChI is InChI=1S/C23H18ClF4NO3/c1-22(2)15(11-19(24)23(26,27)28)20(22)21(30)32-18(12-29)13-8-9-16(25)17(10-13)31-14-6-4-3-5-7-14/h3-11,15,18,20H,1-2H3/t15-,18?,20-/m0/s1.